The molecule has 3 atom stereocenters. The summed E-state index contributed by atoms with van der Waals surface area (Å²) in [4.78, 5) is 13.1. The van der Waals surface area contributed by atoms with E-state index >= 15 is 0 Å². The van der Waals surface area contributed by atoms with Crippen molar-refractivity contribution in [2.75, 3.05) is 6.61 Å². The average Bonchev–Trinajstić information content (AvgIpc) is 3.34. The molecule has 2 aromatic carbocycles. The van der Waals surface area contributed by atoms with Crippen molar-refractivity contribution in [3.63, 3.8) is 0 Å². The molecule has 1 N–H and O–H groups in total. The van der Waals surface area contributed by atoms with E-state index in [1.807, 2.05) is 55.5 Å². The van der Waals surface area contributed by atoms with Crippen molar-refractivity contribution in [2.45, 2.75) is 58.4 Å². The van der Waals surface area contributed by atoms with E-state index in [1.165, 1.54) is 11.1 Å². The lowest BCUT2D eigenvalue weighted by Crippen LogP contribution is -2.47. The van der Waals surface area contributed by atoms with E-state index < -0.39 is 5.54 Å². The molecule has 1 aliphatic heterocycles. The van der Waals surface area contributed by atoms with Gasteiger partial charge in [-0.3, -0.25) is 4.79 Å². The summed E-state index contributed by atoms with van der Waals surface area (Å²) >= 11 is 0. The van der Waals surface area contributed by atoms with Crippen LogP contribution in [0.2, 0.25) is 0 Å². The Balaban J connectivity index is 1.36. The molecule has 0 aromatic heterocycles. The van der Waals surface area contributed by atoms with Crippen molar-refractivity contribution in [1.29, 1.82) is 0 Å². The highest BCUT2D eigenvalue weighted by molar-refractivity contribution is 5.79. The fourth-order valence-electron chi connectivity index (χ4n) is 4.67. The number of benzene rings is 2. The molecule has 0 bridgehead atoms. The first-order valence-electron chi connectivity index (χ1n) is 11.7. The van der Waals surface area contributed by atoms with Gasteiger partial charge in [0.1, 0.15) is 12.4 Å². The summed E-state index contributed by atoms with van der Waals surface area (Å²) < 4.78 is 11.8. The molecule has 1 saturated carbocycles. The molecule has 1 fully saturated rings. The molecule has 1 aliphatic carbocycles. The topological polar surface area (TPSA) is 47.6 Å². The Morgan fingerprint density at radius 1 is 1.00 bits per heavy atom. The molecular formula is C29H35NO3. The number of hydrogen-bond donors (Lipinski definition) is 1. The standard InChI is InChI=1S/C29H35NO3/c1-27(2,3)21-16-14-20(15-17-21)24-25(28(24,4)5)26(31)32-19-29(6)18-10-13-23(30-29)33-22-11-8-7-9-12-22/h7-18,24-25,30H,19H2,1-6H3. The van der Waals surface area contributed by atoms with Gasteiger partial charge in [0.2, 0.25) is 0 Å². The summed E-state index contributed by atoms with van der Waals surface area (Å²) in [5, 5.41) is 3.35. The number of carbonyl (C=O) groups is 1. The minimum Gasteiger partial charge on any atom is -0.463 e. The van der Waals surface area contributed by atoms with Crippen LogP contribution in [0.4, 0.5) is 0 Å². The number of nitrogens with one attached hydrogen (secondary N) is 1. The number of dihydropyridines is 1. The number of rotatable bonds is 6. The fourth-order valence-corrected chi connectivity index (χ4v) is 4.67. The zero-order valence-electron chi connectivity index (χ0n) is 20.5. The summed E-state index contributed by atoms with van der Waals surface area (Å²) in [6.45, 7) is 13.2. The zero-order chi connectivity index (χ0) is 23.9. The number of carbonyl (C=O) groups excluding carboxylic acids is 1. The van der Waals surface area contributed by atoms with Crippen LogP contribution in [-0.4, -0.2) is 18.1 Å². The second kappa shape index (κ2) is 8.40. The highest BCUT2D eigenvalue weighted by atomic mass is 16.5. The van der Waals surface area contributed by atoms with Crippen LogP contribution in [0.15, 0.2) is 78.7 Å². The highest BCUT2D eigenvalue weighted by Gasteiger charge is 2.63. The summed E-state index contributed by atoms with van der Waals surface area (Å²) in [6, 6.07) is 18.3. The first-order chi connectivity index (χ1) is 15.5. The van der Waals surface area contributed by atoms with Gasteiger partial charge in [-0.05, 0) is 47.1 Å². The predicted octanol–water partition coefficient (Wildman–Crippen LogP) is 6.11. The van der Waals surface area contributed by atoms with Crippen LogP contribution < -0.4 is 10.1 Å². The molecule has 0 saturated heterocycles. The maximum Gasteiger partial charge on any atom is 0.310 e. The van der Waals surface area contributed by atoms with Gasteiger partial charge in [-0.25, -0.2) is 0 Å². The first-order valence-corrected chi connectivity index (χ1v) is 11.7. The summed E-state index contributed by atoms with van der Waals surface area (Å²) in [6.07, 6.45) is 5.81. The van der Waals surface area contributed by atoms with Crippen LogP contribution in [-0.2, 0) is 14.9 Å². The van der Waals surface area contributed by atoms with E-state index in [-0.39, 0.29) is 35.2 Å². The first kappa shape index (κ1) is 23.2. The second-order valence-electron chi connectivity index (χ2n) is 11.1. The van der Waals surface area contributed by atoms with Gasteiger partial charge in [-0.1, -0.05) is 89.2 Å². The quantitative estimate of drug-likeness (QED) is 0.545. The van der Waals surface area contributed by atoms with Gasteiger partial charge in [0.25, 0.3) is 0 Å². The monoisotopic (exact) mass is 445 g/mol. The molecule has 0 radical (unpaired) electrons. The third-order valence-electron chi connectivity index (χ3n) is 6.82. The number of ether oxygens (including phenoxy) is 2. The maximum absolute atomic E-state index is 13.1. The smallest absolute Gasteiger partial charge is 0.310 e. The van der Waals surface area contributed by atoms with Gasteiger partial charge < -0.3 is 14.8 Å². The lowest BCUT2D eigenvalue weighted by atomic mass is 9.86. The van der Waals surface area contributed by atoms with Crippen LogP contribution in [0.1, 0.15) is 58.6 Å². The van der Waals surface area contributed by atoms with E-state index in [4.69, 9.17) is 9.47 Å². The maximum atomic E-state index is 13.1. The summed E-state index contributed by atoms with van der Waals surface area (Å²) in [5.74, 6) is 1.29. The van der Waals surface area contributed by atoms with Crippen molar-refractivity contribution in [3.8, 4) is 5.75 Å². The molecule has 2 aliphatic rings. The number of allylic oxidation sites excluding steroid dienone is 2. The van der Waals surface area contributed by atoms with Crippen molar-refractivity contribution in [1.82, 2.24) is 5.32 Å². The molecule has 0 amide bonds. The van der Waals surface area contributed by atoms with Gasteiger partial charge in [-0.2, -0.15) is 0 Å². The van der Waals surface area contributed by atoms with E-state index in [0.717, 1.165) is 5.75 Å². The van der Waals surface area contributed by atoms with Crippen molar-refractivity contribution in [2.24, 2.45) is 11.3 Å². The minimum absolute atomic E-state index is 0.113. The molecular weight excluding hydrogens is 410 g/mol. The Labute approximate surface area is 197 Å². The summed E-state index contributed by atoms with van der Waals surface area (Å²) in [7, 11) is 0. The SMILES string of the molecule is CC1(COC(=O)C2C(c3ccc(C(C)(C)C)cc3)C2(C)C)C=CC=C(Oc2ccccc2)N1. The fraction of sp³-hybridized carbons (Fsp3) is 0.414. The number of hydrogen-bond acceptors (Lipinski definition) is 4. The third-order valence-corrected chi connectivity index (χ3v) is 6.82. The molecule has 4 nitrogen and oxygen atoms in total. The van der Waals surface area contributed by atoms with Gasteiger partial charge in [0.05, 0.1) is 11.5 Å². The molecule has 0 spiro atoms. The molecule has 2 aromatic rings. The molecule has 1 heterocycles. The molecule has 33 heavy (non-hydrogen) atoms. The highest BCUT2D eigenvalue weighted by Crippen LogP contribution is 2.64. The molecule has 174 valence electrons. The molecule has 3 unspecified atom stereocenters. The van der Waals surface area contributed by atoms with Crippen LogP contribution >= 0.6 is 0 Å². The minimum atomic E-state index is -0.530. The lowest BCUT2D eigenvalue weighted by Gasteiger charge is -2.31. The van der Waals surface area contributed by atoms with E-state index in [9.17, 15) is 4.79 Å². The van der Waals surface area contributed by atoms with Gasteiger partial charge >= 0.3 is 5.97 Å². The van der Waals surface area contributed by atoms with Crippen LogP contribution in [0, 0.1) is 11.3 Å². The van der Waals surface area contributed by atoms with Gasteiger partial charge in [0, 0.05) is 5.92 Å². The third kappa shape index (κ3) is 5.00. The Morgan fingerprint density at radius 2 is 1.67 bits per heavy atom. The van der Waals surface area contributed by atoms with Crippen molar-refractivity contribution < 1.29 is 14.3 Å². The van der Waals surface area contributed by atoms with E-state index in [0.29, 0.717) is 5.88 Å². The van der Waals surface area contributed by atoms with Gasteiger partial charge in [-0.15, -0.1) is 0 Å². The number of esters is 1. The van der Waals surface area contributed by atoms with Crippen LogP contribution in [0.3, 0.4) is 0 Å². The van der Waals surface area contributed by atoms with E-state index in [2.05, 4.69) is 64.2 Å². The Kier molecular flexibility index (Phi) is 5.90. The predicted molar refractivity (Wildman–Crippen MR) is 132 cm³/mol. The van der Waals surface area contributed by atoms with Gasteiger partial charge in [0.15, 0.2) is 5.88 Å². The van der Waals surface area contributed by atoms with E-state index in [1.54, 1.807) is 0 Å². The van der Waals surface area contributed by atoms with Crippen LogP contribution in [0.25, 0.3) is 0 Å². The molecule has 4 rings (SSSR count). The Bertz CT molecular complexity index is 1060. The Hall–Kier alpha value is -3.01. The average molecular weight is 446 g/mol. The molecule has 4 heteroatoms. The normalized spacial score (nSPS) is 25.6. The summed E-state index contributed by atoms with van der Waals surface area (Å²) in [5.41, 5.74) is 1.98. The van der Waals surface area contributed by atoms with Crippen molar-refractivity contribution in [3.05, 3.63) is 89.8 Å². The number of para-hydroxylation sites is 1. The van der Waals surface area contributed by atoms with Crippen LogP contribution in [0.5, 0.6) is 5.75 Å². The zero-order valence-corrected chi connectivity index (χ0v) is 20.5. The Morgan fingerprint density at radius 3 is 2.30 bits per heavy atom. The van der Waals surface area contributed by atoms with Crippen molar-refractivity contribution >= 4 is 5.97 Å². The second-order valence-corrected chi connectivity index (χ2v) is 11.1. The largest absolute Gasteiger partial charge is 0.463 e. The lowest BCUT2D eigenvalue weighted by molar-refractivity contribution is -0.147.